The average molecular weight is 413 g/mol. The van der Waals surface area contributed by atoms with Crippen LogP contribution in [0.3, 0.4) is 0 Å². The average Bonchev–Trinajstić information content (AvgIpc) is 2.21. The summed E-state index contributed by atoms with van der Waals surface area (Å²) in [7, 11) is -12.4. The molecular weight excluding hydrogens is 403 g/mol. The number of hydrogen-bond acceptors (Lipinski definition) is 7. The Bertz CT molecular complexity index is 659. The van der Waals surface area contributed by atoms with E-state index >= 15 is 0 Å². The number of allylic oxidation sites excluding steroid dienone is 1. The topological polar surface area (TPSA) is 90.0 Å². The second kappa shape index (κ2) is 7.30. The summed E-state index contributed by atoms with van der Waals surface area (Å²) in [6.07, 6.45) is -12.2. The van der Waals surface area contributed by atoms with Crippen LogP contribution in [0.1, 0.15) is 13.8 Å². The molecular formula is C8H10F7NO6S2. The summed E-state index contributed by atoms with van der Waals surface area (Å²) in [4.78, 5) is 0.169. The van der Waals surface area contributed by atoms with Gasteiger partial charge in [-0.2, -0.15) is 43.2 Å². The van der Waals surface area contributed by atoms with Crippen molar-refractivity contribution < 1.29 is 54.9 Å². The summed E-state index contributed by atoms with van der Waals surface area (Å²) in [5, 5.41) is 0. The van der Waals surface area contributed by atoms with Crippen LogP contribution >= 0.6 is 0 Å². The maximum absolute atomic E-state index is 12.7. The maximum atomic E-state index is 12.7. The van der Waals surface area contributed by atoms with Crippen molar-refractivity contribution in [3.05, 3.63) is 11.5 Å². The van der Waals surface area contributed by atoms with Gasteiger partial charge < -0.3 is 9.08 Å². The summed E-state index contributed by atoms with van der Waals surface area (Å²) in [5.41, 5.74) is -3.37. The molecule has 16 heteroatoms. The molecule has 0 N–H and O–H groups in total. The van der Waals surface area contributed by atoms with Crippen molar-refractivity contribution in [3.63, 3.8) is 0 Å². The molecule has 144 valence electrons. The highest BCUT2D eigenvalue weighted by molar-refractivity contribution is 7.95. The van der Waals surface area contributed by atoms with Crippen LogP contribution in [0, 0.1) is 0 Å². The summed E-state index contributed by atoms with van der Waals surface area (Å²) in [6, 6.07) is 0. The smallest absolute Gasteiger partial charge is 0.342 e. The van der Waals surface area contributed by atoms with Crippen molar-refractivity contribution in [2.24, 2.45) is 0 Å². The highest BCUT2D eigenvalue weighted by Crippen LogP contribution is 2.42. The third-order valence-electron chi connectivity index (χ3n) is 2.18. The lowest BCUT2D eigenvalue weighted by Crippen LogP contribution is -2.36. The first-order valence-electron chi connectivity index (χ1n) is 5.68. The molecule has 0 aromatic heterocycles. The molecule has 0 amide bonds. The Hall–Kier alpha value is -1.29. The standard InChI is InChI=1S/C8H10F7NO6S2/c1-3-16(4-2)6(5(7(9,10)11)8(12,13)14)21-24(19,20)22-23(15,17)18/h3-4H2,1-2H3. The van der Waals surface area contributed by atoms with Crippen molar-refractivity contribution in [1.82, 2.24) is 4.90 Å². The zero-order valence-electron chi connectivity index (χ0n) is 11.8. The molecule has 7 nitrogen and oxygen atoms in total. The van der Waals surface area contributed by atoms with Crippen molar-refractivity contribution >= 4 is 20.9 Å². The highest BCUT2D eigenvalue weighted by Gasteiger charge is 2.56. The molecule has 0 unspecified atom stereocenters. The Kier molecular flexibility index (Phi) is 6.91. The minimum Gasteiger partial charge on any atom is -0.342 e. The summed E-state index contributed by atoms with van der Waals surface area (Å²) >= 11 is 0. The van der Waals surface area contributed by atoms with Crippen LogP contribution in [0.2, 0.25) is 0 Å². The SMILES string of the molecule is CCN(CC)C(OS(=O)(=O)OS(=O)(=O)F)=C(C(F)(F)F)C(F)(F)F. The van der Waals surface area contributed by atoms with Gasteiger partial charge in [-0.05, 0) is 13.8 Å². The van der Waals surface area contributed by atoms with Gasteiger partial charge in [0.2, 0.25) is 5.88 Å². The van der Waals surface area contributed by atoms with Crippen molar-refractivity contribution in [2.45, 2.75) is 26.2 Å². The van der Waals surface area contributed by atoms with E-state index in [2.05, 4.69) is 7.81 Å². The second-order valence-electron chi connectivity index (χ2n) is 3.80. The van der Waals surface area contributed by atoms with Crippen LogP contribution in [0.25, 0.3) is 0 Å². The Balaban J connectivity index is 6.45. The van der Waals surface area contributed by atoms with Crippen LogP contribution in [0.4, 0.5) is 30.2 Å². The van der Waals surface area contributed by atoms with E-state index in [1.165, 1.54) is 0 Å². The third kappa shape index (κ3) is 7.08. The van der Waals surface area contributed by atoms with E-state index in [0.29, 0.717) is 0 Å². The molecule has 0 radical (unpaired) electrons. The molecule has 0 atom stereocenters. The molecule has 0 aromatic carbocycles. The van der Waals surface area contributed by atoms with Gasteiger partial charge in [0, 0.05) is 13.1 Å². The Morgan fingerprint density at radius 1 is 0.917 bits per heavy atom. The number of hydrogen-bond donors (Lipinski definition) is 0. The lowest BCUT2D eigenvalue weighted by molar-refractivity contribution is -0.177. The molecule has 0 aliphatic heterocycles. The third-order valence-corrected chi connectivity index (χ3v) is 3.86. The molecule has 0 saturated carbocycles. The first-order chi connectivity index (χ1) is 10.4. The molecule has 0 aliphatic rings. The van der Waals surface area contributed by atoms with Gasteiger partial charge in [-0.15, -0.1) is 0 Å². The lowest BCUT2D eigenvalue weighted by atomic mass is 10.2. The van der Waals surface area contributed by atoms with Gasteiger partial charge in [0.15, 0.2) is 5.57 Å². The molecule has 0 spiro atoms. The highest BCUT2D eigenvalue weighted by atomic mass is 32.3. The van der Waals surface area contributed by atoms with Gasteiger partial charge in [0.1, 0.15) is 0 Å². The molecule has 0 fully saturated rings. The quantitative estimate of drug-likeness (QED) is 0.359. The van der Waals surface area contributed by atoms with E-state index in [-0.39, 0.29) is 4.90 Å². The fraction of sp³-hybridized carbons (Fsp3) is 0.750. The molecule has 24 heavy (non-hydrogen) atoms. The molecule has 0 aliphatic carbocycles. The summed E-state index contributed by atoms with van der Waals surface area (Å²) < 4.78 is 137. The molecule has 0 aromatic rings. The van der Waals surface area contributed by atoms with E-state index in [4.69, 9.17) is 0 Å². The zero-order valence-corrected chi connectivity index (χ0v) is 13.4. The summed E-state index contributed by atoms with van der Waals surface area (Å²) in [6.45, 7) is 0.909. The van der Waals surface area contributed by atoms with Crippen LogP contribution in [0.5, 0.6) is 0 Å². The number of alkyl halides is 6. The van der Waals surface area contributed by atoms with E-state index in [0.717, 1.165) is 13.8 Å². The lowest BCUT2D eigenvalue weighted by Gasteiger charge is -2.27. The van der Waals surface area contributed by atoms with Gasteiger partial charge in [-0.1, -0.05) is 7.52 Å². The van der Waals surface area contributed by atoms with Crippen LogP contribution in [-0.2, 0) is 28.7 Å². The summed E-state index contributed by atoms with van der Waals surface area (Å²) in [5.74, 6) is -2.30. The van der Waals surface area contributed by atoms with E-state index in [9.17, 15) is 47.1 Å². The largest absolute Gasteiger partial charge is 0.467 e. The Labute approximate surface area is 132 Å². The Morgan fingerprint density at radius 2 is 1.29 bits per heavy atom. The number of nitrogens with zero attached hydrogens (tertiary/aromatic N) is 1. The van der Waals surface area contributed by atoms with E-state index in [1.807, 2.05) is 0 Å². The minimum atomic E-state index is -6.28. The first kappa shape index (κ1) is 22.7. The van der Waals surface area contributed by atoms with Gasteiger partial charge in [-0.3, -0.25) is 0 Å². The van der Waals surface area contributed by atoms with Crippen molar-refractivity contribution in [3.8, 4) is 0 Å². The Morgan fingerprint density at radius 3 is 1.54 bits per heavy atom. The second-order valence-corrected chi connectivity index (χ2v) is 6.11. The van der Waals surface area contributed by atoms with Gasteiger partial charge in [-0.25, -0.2) is 0 Å². The van der Waals surface area contributed by atoms with Gasteiger partial charge >= 0.3 is 33.3 Å². The van der Waals surface area contributed by atoms with Crippen LogP contribution < -0.4 is 0 Å². The van der Waals surface area contributed by atoms with Crippen LogP contribution in [-0.4, -0.2) is 47.2 Å². The molecule has 0 rings (SSSR count). The zero-order chi connectivity index (χ0) is 19.6. The van der Waals surface area contributed by atoms with Crippen molar-refractivity contribution in [1.29, 1.82) is 0 Å². The molecule has 0 bridgehead atoms. The van der Waals surface area contributed by atoms with E-state index < -0.39 is 57.8 Å². The first-order valence-corrected chi connectivity index (χ1v) is 8.32. The molecule has 0 heterocycles. The maximum Gasteiger partial charge on any atom is 0.467 e. The monoisotopic (exact) mass is 413 g/mol. The van der Waals surface area contributed by atoms with Gasteiger partial charge in [0.25, 0.3) is 0 Å². The van der Waals surface area contributed by atoms with E-state index in [1.54, 1.807) is 0 Å². The van der Waals surface area contributed by atoms with Crippen molar-refractivity contribution in [2.75, 3.05) is 13.1 Å². The number of halogens is 7. The predicted octanol–water partition coefficient (Wildman–Crippen LogP) is 2.16. The van der Waals surface area contributed by atoms with Gasteiger partial charge in [0.05, 0.1) is 0 Å². The number of rotatable bonds is 7. The predicted molar refractivity (Wildman–Crippen MR) is 63.2 cm³/mol. The molecule has 0 saturated heterocycles. The normalized spacial score (nSPS) is 13.5. The fourth-order valence-corrected chi connectivity index (χ4v) is 2.67. The minimum absolute atomic E-state index is 0.169. The fourth-order valence-electron chi connectivity index (χ4n) is 1.38. The van der Waals surface area contributed by atoms with Crippen LogP contribution in [0.15, 0.2) is 11.5 Å².